The van der Waals surface area contributed by atoms with Gasteiger partial charge in [-0.1, -0.05) is 24.3 Å². The van der Waals surface area contributed by atoms with E-state index in [9.17, 15) is 9.59 Å². The number of methoxy groups -OCH3 is 1. The molecule has 0 saturated heterocycles. The highest BCUT2D eigenvalue weighted by Gasteiger charge is 2.46. The fourth-order valence-corrected chi connectivity index (χ4v) is 3.51. The maximum Gasteiger partial charge on any atom is 0.194 e. The Bertz CT molecular complexity index is 694. The summed E-state index contributed by atoms with van der Waals surface area (Å²) >= 11 is 0. The zero-order valence-corrected chi connectivity index (χ0v) is 10.5. The van der Waals surface area contributed by atoms with Crippen LogP contribution in [0.1, 0.15) is 27.1 Å². The Morgan fingerprint density at radius 1 is 1.05 bits per heavy atom. The van der Waals surface area contributed by atoms with E-state index in [2.05, 4.69) is 12.2 Å². The van der Waals surface area contributed by atoms with Crippen molar-refractivity contribution >= 4 is 11.6 Å². The maximum absolute atomic E-state index is 12.7. The molecule has 0 aliphatic heterocycles. The number of Topliss-reactive ketones (excluding diaryl/α,β-unsaturated/α-hetero) is 2. The third kappa shape index (κ3) is 1.17. The lowest BCUT2D eigenvalue weighted by molar-refractivity contribution is 0.0967. The molecule has 0 unspecified atom stereocenters. The number of allylic oxidation sites excluding steroid dienone is 4. The molecule has 1 aromatic rings. The van der Waals surface area contributed by atoms with Gasteiger partial charge in [0.2, 0.25) is 0 Å². The standard InChI is InChI=1S/C16H12O3/c1-19-11-4-2-3-10-14(11)16(18)13-9-6-5-8(7-9)12(13)15(10)17/h2-6,8-9H,7H2,1H3/t8-,9+/m0/s1. The van der Waals surface area contributed by atoms with Gasteiger partial charge in [-0.3, -0.25) is 9.59 Å². The summed E-state index contributed by atoms with van der Waals surface area (Å²) in [5.74, 6) is 0.721. The third-order valence-electron chi connectivity index (χ3n) is 4.32. The van der Waals surface area contributed by atoms with E-state index in [1.165, 1.54) is 7.11 Å². The highest BCUT2D eigenvalue weighted by molar-refractivity contribution is 6.29. The van der Waals surface area contributed by atoms with Crippen LogP contribution < -0.4 is 4.74 Å². The summed E-state index contributed by atoms with van der Waals surface area (Å²) in [4.78, 5) is 25.3. The SMILES string of the molecule is COc1cccc2c1C(=O)C1=C(C2=O)[C@H]2C=C[C@@H]1C2. The predicted molar refractivity (Wildman–Crippen MR) is 69.4 cm³/mol. The molecule has 3 aliphatic rings. The van der Waals surface area contributed by atoms with E-state index < -0.39 is 0 Å². The van der Waals surface area contributed by atoms with Crippen molar-refractivity contribution in [1.29, 1.82) is 0 Å². The number of ether oxygens (including phenoxy) is 1. The molecular formula is C16H12O3. The van der Waals surface area contributed by atoms with E-state index in [0.717, 1.165) is 12.0 Å². The van der Waals surface area contributed by atoms with Crippen molar-refractivity contribution < 1.29 is 14.3 Å². The number of ketones is 2. The van der Waals surface area contributed by atoms with Crippen LogP contribution in [0.2, 0.25) is 0 Å². The number of carbonyl (C=O) groups excluding carboxylic acids is 2. The van der Waals surface area contributed by atoms with Gasteiger partial charge in [-0.2, -0.15) is 0 Å². The van der Waals surface area contributed by atoms with Crippen molar-refractivity contribution in [3.05, 3.63) is 52.6 Å². The molecule has 0 saturated carbocycles. The first-order chi connectivity index (χ1) is 9.22. The van der Waals surface area contributed by atoms with Crippen LogP contribution in [0.5, 0.6) is 5.75 Å². The zero-order chi connectivity index (χ0) is 13.1. The summed E-state index contributed by atoms with van der Waals surface area (Å²) in [6.07, 6.45) is 4.98. The number of benzene rings is 1. The molecule has 3 aliphatic carbocycles. The second kappa shape index (κ2) is 3.44. The van der Waals surface area contributed by atoms with Gasteiger partial charge < -0.3 is 4.74 Å². The predicted octanol–water partition coefficient (Wildman–Crippen LogP) is 2.58. The van der Waals surface area contributed by atoms with Crippen molar-refractivity contribution in [2.24, 2.45) is 11.8 Å². The van der Waals surface area contributed by atoms with E-state index in [-0.39, 0.29) is 23.4 Å². The molecule has 3 nitrogen and oxygen atoms in total. The minimum Gasteiger partial charge on any atom is -0.496 e. The summed E-state index contributed by atoms with van der Waals surface area (Å²) in [6.45, 7) is 0. The molecule has 0 spiro atoms. The largest absolute Gasteiger partial charge is 0.496 e. The van der Waals surface area contributed by atoms with Gasteiger partial charge in [0.1, 0.15) is 5.75 Å². The number of fused-ring (bicyclic) bond motifs is 5. The lowest BCUT2D eigenvalue weighted by atomic mass is 9.79. The van der Waals surface area contributed by atoms with Gasteiger partial charge in [-0.25, -0.2) is 0 Å². The van der Waals surface area contributed by atoms with Crippen molar-refractivity contribution in [3.63, 3.8) is 0 Å². The van der Waals surface area contributed by atoms with E-state index in [4.69, 9.17) is 4.74 Å². The zero-order valence-electron chi connectivity index (χ0n) is 10.5. The molecule has 0 radical (unpaired) electrons. The smallest absolute Gasteiger partial charge is 0.194 e. The van der Waals surface area contributed by atoms with Gasteiger partial charge in [0, 0.05) is 28.5 Å². The van der Waals surface area contributed by atoms with E-state index in [1.807, 2.05) is 0 Å². The third-order valence-corrected chi connectivity index (χ3v) is 4.32. The molecule has 94 valence electrons. The Hall–Kier alpha value is -2.16. The maximum atomic E-state index is 12.7. The Kier molecular flexibility index (Phi) is 1.94. The highest BCUT2D eigenvalue weighted by Crippen LogP contribution is 2.49. The normalized spacial score (nSPS) is 26.8. The van der Waals surface area contributed by atoms with Gasteiger partial charge >= 0.3 is 0 Å². The molecule has 19 heavy (non-hydrogen) atoms. The van der Waals surface area contributed by atoms with Crippen LogP contribution >= 0.6 is 0 Å². The van der Waals surface area contributed by atoms with Crippen LogP contribution in [-0.2, 0) is 0 Å². The molecule has 4 rings (SSSR count). The number of rotatable bonds is 1. The number of hydrogen-bond acceptors (Lipinski definition) is 3. The average Bonchev–Trinajstić information content (AvgIpc) is 3.04. The molecule has 0 heterocycles. The Balaban J connectivity index is 1.98. The summed E-state index contributed by atoms with van der Waals surface area (Å²) < 4.78 is 5.25. The van der Waals surface area contributed by atoms with Gasteiger partial charge in [-0.15, -0.1) is 0 Å². The van der Waals surface area contributed by atoms with Gasteiger partial charge in [0.15, 0.2) is 11.6 Å². The minimum absolute atomic E-state index is 0.000324. The molecule has 0 fully saturated rings. The van der Waals surface area contributed by atoms with E-state index >= 15 is 0 Å². The molecular weight excluding hydrogens is 240 g/mol. The van der Waals surface area contributed by atoms with Crippen LogP contribution in [0.3, 0.4) is 0 Å². The Morgan fingerprint density at radius 2 is 1.74 bits per heavy atom. The van der Waals surface area contributed by atoms with Crippen LogP contribution in [0.15, 0.2) is 41.5 Å². The van der Waals surface area contributed by atoms with Crippen molar-refractivity contribution in [2.75, 3.05) is 7.11 Å². The lowest BCUT2D eigenvalue weighted by Crippen LogP contribution is -2.24. The second-order valence-electron chi connectivity index (χ2n) is 5.20. The number of carbonyl (C=O) groups is 2. The first-order valence-corrected chi connectivity index (χ1v) is 6.41. The summed E-state index contributed by atoms with van der Waals surface area (Å²) in [6, 6.07) is 5.22. The van der Waals surface area contributed by atoms with Gasteiger partial charge in [-0.05, 0) is 12.5 Å². The molecule has 0 N–H and O–H groups in total. The molecule has 2 bridgehead atoms. The second-order valence-corrected chi connectivity index (χ2v) is 5.20. The quantitative estimate of drug-likeness (QED) is 0.721. The number of hydrogen-bond donors (Lipinski definition) is 0. The molecule has 1 aromatic carbocycles. The van der Waals surface area contributed by atoms with Crippen LogP contribution in [0.4, 0.5) is 0 Å². The van der Waals surface area contributed by atoms with E-state index in [1.54, 1.807) is 18.2 Å². The van der Waals surface area contributed by atoms with Crippen LogP contribution in [0, 0.1) is 11.8 Å². The summed E-state index contributed by atoms with van der Waals surface area (Å²) in [5.41, 5.74) is 2.35. The Labute approximate surface area is 110 Å². The fraction of sp³-hybridized carbons (Fsp3) is 0.250. The summed E-state index contributed by atoms with van der Waals surface area (Å²) in [5, 5.41) is 0. The van der Waals surface area contributed by atoms with Crippen LogP contribution in [0.25, 0.3) is 0 Å². The lowest BCUT2D eigenvalue weighted by Gasteiger charge is -2.23. The van der Waals surface area contributed by atoms with Crippen LogP contribution in [-0.4, -0.2) is 18.7 Å². The van der Waals surface area contributed by atoms with Gasteiger partial charge in [0.05, 0.1) is 12.7 Å². The summed E-state index contributed by atoms with van der Waals surface area (Å²) in [7, 11) is 1.53. The molecule has 0 amide bonds. The van der Waals surface area contributed by atoms with Crippen molar-refractivity contribution in [3.8, 4) is 5.75 Å². The van der Waals surface area contributed by atoms with Crippen molar-refractivity contribution in [1.82, 2.24) is 0 Å². The first-order valence-electron chi connectivity index (χ1n) is 6.41. The minimum atomic E-state index is -0.0288. The van der Waals surface area contributed by atoms with Gasteiger partial charge in [0.25, 0.3) is 0 Å². The first kappa shape index (κ1) is 10.7. The van der Waals surface area contributed by atoms with E-state index in [0.29, 0.717) is 22.4 Å². The Morgan fingerprint density at radius 3 is 2.42 bits per heavy atom. The highest BCUT2D eigenvalue weighted by atomic mass is 16.5. The molecule has 3 heteroatoms. The average molecular weight is 252 g/mol. The topological polar surface area (TPSA) is 43.4 Å². The molecule has 0 aromatic heterocycles. The monoisotopic (exact) mass is 252 g/mol. The fourth-order valence-electron chi connectivity index (χ4n) is 3.51. The molecule has 2 atom stereocenters. The van der Waals surface area contributed by atoms with Crippen molar-refractivity contribution in [2.45, 2.75) is 6.42 Å².